The molecule has 196 valence electrons. The second-order valence-electron chi connectivity index (χ2n) is 9.94. The van der Waals surface area contributed by atoms with Gasteiger partial charge in [-0.15, -0.1) is 11.3 Å². The molecule has 3 aliphatic heterocycles. The number of carbonyl (C=O) groups excluding carboxylic acids is 1. The van der Waals surface area contributed by atoms with Crippen LogP contribution in [0.1, 0.15) is 38.9 Å². The lowest BCUT2D eigenvalue weighted by molar-refractivity contribution is -0.219. The van der Waals surface area contributed by atoms with E-state index in [1.807, 2.05) is 4.90 Å². The quantitative estimate of drug-likeness (QED) is 0.434. The largest absolute Gasteiger partial charge is 0.444 e. The summed E-state index contributed by atoms with van der Waals surface area (Å²) in [4.78, 5) is 24.9. The third-order valence-corrected chi connectivity index (χ3v) is 6.99. The molecule has 0 spiro atoms. The van der Waals surface area contributed by atoms with Gasteiger partial charge in [0.2, 0.25) is 0 Å². The van der Waals surface area contributed by atoms with Crippen molar-refractivity contribution in [1.82, 2.24) is 14.9 Å². The number of rotatable bonds is 5. The number of piperidine rings is 1. The zero-order valence-corrected chi connectivity index (χ0v) is 21.1. The molecule has 3 unspecified atom stereocenters. The number of ether oxygens (including phenoxy) is 2. The second kappa shape index (κ2) is 9.18. The number of oxazole rings is 1. The van der Waals surface area contributed by atoms with Crippen molar-refractivity contribution in [2.75, 3.05) is 24.6 Å². The molecule has 0 saturated carbocycles. The van der Waals surface area contributed by atoms with Gasteiger partial charge in [0.15, 0.2) is 11.7 Å². The van der Waals surface area contributed by atoms with Crippen molar-refractivity contribution < 1.29 is 31.9 Å². The molecule has 3 aromatic rings. The van der Waals surface area contributed by atoms with E-state index in [0.717, 1.165) is 6.42 Å². The summed E-state index contributed by atoms with van der Waals surface area (Å²) in [6, 6.07) is 4.29. The molecule has 9 nitrogen and oxygen atoms in total. The lowest BCUT2D eigenvalue weighted by atomic mass is 9.88. The number of halogens is 3. The molecule has 2 aromatic heterocycles. The molecule has 1 aromatic carbocycles. The first-order valence-electron chi connectivity index (χ1n) is 11.6. The molecular weight excluding hydrogens is 511 g/mol. The van der Waals surface area contributed by atoms with E-state index in [9.17, 15) is 18.0 Å². The molecule has 3 aliphatic rings. The molecular formula is C24H24F3N5O4S. The summed E-state index contributed by atoms with van der Waals surface area (Å²) in [6.07, 6.45) is -5.12. The van der Waals surface area contributed by atoms with E-state index in [0.29, 0.717) is 23.7 Å². The molecule has 0 N–H and O–H groups in total. The van der Waals surface area contributed by atoms with Crippen molar-refractivity contribution in [3.8, 4) is 16.6 Å². The van der Waals surface area contributed by atoms with Crippen LogP contribution >= 0.6 is 11.3 Å². The van der Waals surface area contributed by atoms with Crippen molar-refractivity contribution in [2.24, 2.45) is 0 Å². The Labute approximate surface area is 214 Å². The summed E-state index contributed by atoms with van der Waals surface area (Å²) in [6.45, 7) is 5.47. The first kappa shape index (κ1) is 25.3. The summed E-state index contributed by atoms with van der Waals surface area (Å²) in [5, 5.41) is 11.1. The summed E-state index contributed by atoms with van der Waals surface area (Å²) >= 11 is 1.32. The van der Waals surface area contributed by atoms with Crippen LogP contribution in [0.2, 0.25) is 0 Å². The van der Waals surface area contributed by atoms with Gasteiger partial charge in [-0.25, -0.2) is 9.78 Å². The van der Waals surface area contributed by atoms with Crippen LogP contribution in [0, 0.1) is 11.3 Å². The minimum Gasteiger partial charge on any atom is -0.444 e. The van der Waals surface area contributed by atoms with Crippen molar-refractivity contribution in [3.63, 3.8) is 0 Å². The highest BCUT2D eigenvalue weighted by molar-refractivity contribution is 7.13. The maximum absolute atomic E-state index is 13.9. The predicted octanol–water partition coefficient (Wildman–Crippen LogP) is 5.29. The van der Waals surface area contributed by atoms with Crippen molar-refractivity contribution >= 4 is 34.5 Å². The number of nitrogens with zero attached hydrogens (tertiary/aromatic N) is 5. The van der Waals surface area contributed by atoms with Gasteiger partial charge in [0, 0.05) is 30.2 Å². The van der Waals surface area contributed by atoms with Crippen LogP contribution in [0.4, 0.5) is 24.0 Å². The minimum absolute atomic E-state index is 0.00814. The minimum atomic E-state index is -4.77. The van der Waals surface area contributed by atoms with Crippen LogP contribution in [0.25, 0.3) is 21.7 Å². The Bertz CT molecular complexity index is 1330. The number of hydrogen-bond acceptors (Lipinski definition) is 9. The Morgan fingerprint density at radius 1 is 1.30 bits per heavy atom. The molecule has 5 heterocycles. The van der Waals surface area contributed by atoms with Crippen LogP contribution in [0.15, 0.2) is 28.1 Å². The first-order valence-corrected chi connectivity index (χ1v) is 12.5. The molecule has 0 radical (unpaired) electrons. The maximum Gasteiger partial charge on any atom is 0.418 e. The highest BCUT2D eigenvalue weighted by Crippen LogP contribution is 2.44. The number of hydrogen-bond donors (Lipinski definition) is 0. The number of amides is 1. The van der Waals surface area contributed by atoms with E-state index in [2.05, 4.69) is 9.97 Å². The Balaban J connectivity index is 1.50. The second-order valence-corrected chi connectivity index (χ2v) is 10.8. The summed E-state index contributed by atoms with van der Waals surface area (Å²) in [5.41, 5.74) is -0.213. The summed E-state index contributed by atoms with van der Waals surface area (Å²) in [5.74, 6) is 0. The van der Waals surface area contributed by atoms with Gasteiger partial charge in [-0.05, 0) is 33.3 Å². The number of carbonyl (C=O) groups is 1. The predicted molar refractivity (Wildman–Crippen MR) is 128 cm³/mol. The zero-order valence-electron chi connectivity index (χ0n) is 20.3. The van der Waals surface area contributed by atoms with E-state index in [1.165, 1.54) is 23.5 Å². The number of nitriles is 1. The Hall–Kier alpha value is -3.37. The lowest BCUT2D eigenvalue weighted by Gasteiger charge is -2.55. The Morgan fingerprint density at radius 2 is 2.03 bits per heavy atom. The monoisotopic (exact) mass is 535 g/mol. The molecule has 1 amide bonds. The topological polar surface area (TPSA) is 105 Å². The number of thiazole rings is 1. The standard InChI is InChI=1S/C24H24F3N5O4S/c1-23(2,3)36-22(33)32-13-10-14(32)12-31(11-13)21-30-17-15(19(24(25,26)27)34-8-6-28)4-5-16(18(17)35-21)20-29-7-9-37-20/h4-5,7,9,13-14,19H,8,10-12H2,1-3H3. The molecule has 3 atom stereocenters. The average Bonchev–Trinajstić information content (AvgIpc) is 3.48. The van der Waals surface area contributed by atoms with Crippen LogP contribution in [0.3, 0.4) is 0 Å². The molecule has 3 saturated heterocycles. The van der Waals surface area contributed by atoms with E-state index in [1.54, 1.807) is 43.3 Å². The summed E-state index contributed by atoms with van der Waals surface area (Å²) in [7, 11) is 0. The zero-order chi connectivity index (χ0) is 26.5. The fourth-order valence-electron chi connectivity index (χ4n) is 4.75. The number of anilines is 1. The van der Waals surface area contributed by atoms with Gasteiger partial charge in [0.05, 0.1) is 23.7 Å². The van der Waals surface area contributed by atoms with Gasteiger partial charge in [0.25, 0.3) is 6.01 Å². The number of alkyl halides is 3. The maximum atomic E-state index is 13.9. The van der Waals surface area contributed by atoms with E-state index < -0.39 is 24.5 Å². The third-order valence-electron chi connectivity index (χ3n) is 6.19. The third kappa shape index (κ3) is 4.83. The van der Waals surface area contributed by atoms with Gasteiger partial charge in [0.1, 0.15) is 22.7 Å². The van der Waals surface area contributed by atoms with Gasteiger partial charge in [-0.3, -0.25) is 4.90 Å². The SMILES string of the molecule is CC(C)(C)OC(=O)N1C2CC1CN(c1nc3c(C(OCC#N)C(F)(F)F)ccc(-c4nccs4)c3o1)C2. The highest BCUT2D eigenvalue weighted by atomic mass is 32.1. The van der Waals surface area contributed by atoms with Crippen molar-refractivity contribution in [3.05, 3.63) is 29.3 Å². The molecule has 6 rings (SSSR count). The van der Waals surface area contributed by atoms with E-state index in [-0.39, 0.29) is 40.9 Å². The normalized spacial score (nSPS) is 20.5. The van der Waals surface area contributed by atoms with E-state index in [4.69, 9.17) is 19.2 Å². The highest BCUT2D eigenvalue weighted by Gasteiger charge is 2.50. The fraction of sp³-hybridized carbons (Fsp3) is 0.500. The van der Waals surface area contributed by atoms with E-state index >= 15 is 0 Å². The van der Waals surface area contributed by atoms with Crippen LogP contribution in [-0.2, 0) is 9.47 Å². The number of fused-ring (bicyclic) bond motifs is 3. The summed E-state index contributed by atoms with van der Waals surface area (Å²) < 4.78 is 58.2. The first-order chi connectivity index (χ1) is 17.5. The lowest BCUT2D eigenvalue weighted by Crippen LogP contribution is -2.70. The molecule has 2 bridgehead atoms. The van der Waals surface area contributed by atoms with Crippen LogP contribution in [-0.4, -0.2) is 64.5 Å². The smallest absolute Gasteiger partial charge is 0.418 e. The Morgan fingerprint density at radius 3 is 2.62 bits per heavy atom. The molecule has 3 fully saturated rings. The van der Waals surface area contributed by atoms with Gasteiger partial charge < -0.3 is 18.8 Å². The van der Waals surface area contributed by atoms with Crippen LogP contribution < -0.4 is 4.90 Å². The number of aromatic nitrogens is 2. The van der Waals surface area contributed by atoms with Crippen molar-refractivity contribution in [2.45, 2.75) is 57.2 Å². The van der Waals surface area contributed by atoms with Gasteiger partial charge in [-0.2, -0.15) is 23.4 Å². The Kier molecular flexibility index (Phi) is 6.27. The molecule has 37 heavy (non-hydrogen) atoms. The molecule has 0 aliphatic carbocycles. The van der Waals surface area contributed by atoms with Crippen LogP contribution in [0.5, 0.6) is 0 Å². The van der Waals surface area contributed by atoms with Gasteiger partial charge >= 0.3 is 12.3 Å². The average molecular weight is 536 g/mol. The number of piperazine rings is 1. The fourth-order valence-corrected chi connectivity index (χ4v) is 5.41. The van der Waals surface area contributed by atoms with Crippen molar-refractivity contribution in [1.29, 1.82) is 5.26 Å². The molecule has 13 heteroatoms. The van der Waals surface area contributed by atoms with Gasteiger partial charge in [-0.1, -0.05) is 6.07 Å². The number of benzene rings is 1.